The summed E-state index contributed by atoms with van der Waals surface area (Å²) < 4.78 is 10.3. The Morgan fingerprint density at radius 3 is 2.65 bits per heavy atom. The van der Waals surface area contributed by atoms with Crippen LogP contribution in [0.25, 0.3) is 6.08 Å². The van der Waals surface area contributed by atoms with Crippen molar-refractivity contribution in [3.63, 3.8) is 0 Å². The van der Waals surface area contributed by atoms with Crippen LogP contribution in [0.4, 0.5) is 0 Å². The van der Waals surface area contributed by atoms with Crippen molar-refractivity contribution >= 4 is 12.0 Å². The zero-order valence-electron chi connectivity index (χ0n) is 12.2. The molecule has 0 unspecified atom stereocenters. The van der Waals surface area contributed by atoms with Crippen LogP contribution >= 0.6 is 0 Å². The summed E-state index contributed by atoms with van der Waals surface area (Å²) >= 11 is 0. The molecule has 5 heteroatoms. The number of ether oxygens (including phenoxy) is 2. The van der Waals surface area contributed by atoms with Crippen molar-refractivity contribution in [1.29, 1.82) is 0 Å². The molecule has 0 spiro atoms. The maximum Gasteiger partial charge on any atom is 0.330 e. The average molecular weight is 300 g/mol. The third-order valence-electron chi connectivity index (χ3n) is 2.60. The molecule has 0 bridgehead atoms. The molecule has 112 valence electrons. The van der Waals surface area contributed by atoms with E-state index in [1.54, 1.807) is 13.2 Å². The average Bonchev–Trinajstić information content (AvgIpc) is 2.41. The number of halogens is 1. The second-order valence-electron chi connectivity index (χ2n) is 4.55. The van der Waals surface area contributed by atoms with Crippen molar-refractivity contribution in [2.45, 2.75) is 6.42 Å². The first-order valence-corrected chi connectivity index (χ1v) is 6.40. The van der Waals surface area contributed by atoms with E-state index >= 15 is 0 Å². The first kappa shape index (κ1) is 18.5. The molecule has 1 aromatic rings. The van der Waals surface area contributed by atoms with Gasteiger partial charge in [-0.1, -0.05) is 18.2 Å². The lowest BCUT2D eigenvalue weighted by atomic mass is 10.2. The van der Waals surface area contributed by atoms with Crippen molar-refractivity contribution < 1.29 is 31.6 Å². The molecule has 0 atom stereocenters. The lowest BCUT2D eigenvalue weighted by Crippen LogP contribution is -3.05. The van der Waals surface area contributed by atoms with E-state index in [9.17, 15) is 4.79 Å². The van der Waals surface area contributed by atoms with Crippen LogP contribution in [0.15, 0.2) is 30.3 Å². The van der Waals surface area contributed by atoms with Crippen molar-refractivity contribution in [2.75, 3.05) is 34.4 Å². The number of rotatable bonds is 7. The number of hydrogen-bond donors (Lipinski definition) is 1. The van der Waals surface area contributed by atoms with Gasteiger partial charge in [0.1, 0.15) is 5.75 Å². The van der Waals surface area contributed by atoms with Crippen molar-refractivity contribution in [3.05, 3.63) is 35.9 Å². The van der Waals surface area contributed by atoms with Gasteiger partial charge in [0, 0.05) is 18.1 Å². The van der Waals surface area contributed by atoms with Crippen molar-refractivity contribution in [1.82, 2.24) is 0 Å². The van der Waals surface area contributed by atoms with Crippen molar-refractivity contribution in [2.24, 2.45) is 0 Å². The molecule has 0 aliphatic carbocycles. The Morgan fingerprint density at radius 1 is 1.30 bits per heavy atom. The predicted octanol–water partition coefficient (Wildman–Crippen LogP) is -2.21. The highest BCUT2D eigenvalue weighted by Gasteiger charge is 2.01. The second kappa shape index (κ2) is 10.3. The van der Waals surface area contributed by atoms with Gasteiger partial charge in [-0.2, -0.15) is 0 Å². The maximum atomic E-state index is 11.5. The van der Waals surface area contributed by atoms with Gasteiger partial charge in [-0.15, -0.1) is 0 Å². The van der Waals surface area contributed by atoms with E-state index in [1.165, 1.54) is 11.0 Å². The summed E-state index contributed by atoms with van der Waals surface area (Å²) in [5.41, 5.74) is 0.861. The lowest BCUT2D eigenvalue weighted by Gasteiger charge is -2.06. The first-order chi connectivity index (χ1) is 9.13. The summed E-state index contributed by atoms with van der Waals surface area (Å²) in [5, 5.41) is 0. The number of hydrogen-bond acceptors (Lipinski definition) is 3. The summed E-state index contributed by atoms with van der Waals surface area (Å²) in [5.74, 6) is 0.419. The fourth-order valence-corrected chi connectivity index (χ4v) is 1.61. The minimum Gasteiger partial charge on any atom is -1.00 e. The molecule has 4 nitrogen and oxygen atoms in total. The number of carbonyl (C=O) groups excluding carboxylic acids is 1. The van der Waals surface area contributed by atoms with Gasteiger partial charge in [-0.05, 0) is 12.1 Å². The van der Waals surface area contributed by atoms with Crippen LogP contribution in [-0.2, 0) is 9.53 Å². The Hall–Kier alpha value is -1.52. The molecule has 20 heavy (non-hydrogen) atoms. The van der Waals surface area contributed by atoms with Crippen molar-refractivity contribution in [3.8, 4) is 5.75 Å². The summed E-state index contributed by atoms with van der Waals surface area (Å²) in [7, 11) is 5.75. The van der Waals surface area contributed by atoms with Gasteiger partial charge < -0.3 is 26.8 Å². The zero-order chi connectivity index (χ0) is 14.1. The Morgan fingerprint density at radius 2 is 2.00 bits per heavy atom. The Labute approximate surface area is 126 Å². The fraction of sp³-hybridized carbons (Fsp3) is 0.400. The predicted molar refractivity (Wildman–Crippen MR) is 75.3 cm³/mol. The normalized spacial score (nSPS) is 10.4. The minimum atomic E-state index is -0.320. The molecule has 1 rings (SSSR count). The van der Waals surface area contributed by atoms with Crippen LogP contribution in [0.3, 0.4) is 0 Å². The third kappa shape index (κ3) is 7.16. The van der Waals surface area contributed by atoms with Crippen LogP contribution in [-0.4, -0.2) is 40.3 Å². The van der Waals surface area contributed by atoms with E-state index in [0.717, 1.165) is 24.3 Å². The standard InChI is InChI=1S/C15H21NO3.ClH/c1-16(2)11-6-12-19-15(17)10-9-13-7-4-5-8-14(13)18-3;/h4-5,7-10H,6,11-12H2,1-3H3;1H. The van der Waals surface area contributed by atoms with Crippen LogP contribution < -0.4 is 22.0 Å². The Kier molecular flexibility index (Phi) is 9.51. The van der Waals surface area contributed by atoms with Gasteiger partial charge in [0.05, 0.1) is 34.4 Å². The molecule has 0 aliphatic heterocycles. The van der Waals surface area contributed by atoms with Gasteiger partial charge in [0.25, 0.3) is 0 Å². The molecular weight excluding hydrogens is 278 g/mol. The molecule has 0 aromatic heterocycles. The largest absolute Gasteiger partial charge is 1.00 e. The third-order valence-corrected chi connectivity index (χ3v) is 2.60. The molecule has 0 saturated heterocycles. The van der Waals surface area contributed by atoms with E-state index in [0.29, 0.717) is 6.61 Å². The first-order valence-electron chi connectivity index (χ1n) is 6.40. The van der Waals surface area contributed by atoms with Gasteiger partial charge in [0.15, 0.2) is 0 Å². The Bertz CT molecular complexity index is 433. The number of nitrogens with one attached hydrogen (secondary N) is 1. The fourth-order valence-electron chi connectivity index (χ4n) is 1.61. The number of esters is 1. The molecule has 0 fully saturated rings. The van der Waals surface area contributed by atoms with E-state index in [2.05, 4.69) is 14.1 Å². The summed E-state index contributed by atoms with van der Waals surface area (Å²) in [6.07, 6.45) is 4.01. The molecule has 0 saturated carbocycles. The topological polar surface area (TPSA) is 40.0 Å². The molecular formula is C15H22ClNO3. The van der Waals surface area contributed by atoms with Crippen LogP contribution in [0, 0.1) is 0 Å². The Balaban J connectivity index is 0.00000361. The van der Waals surface area contributed by atoms with Gasteiger partial charge >= 0.3 is 5.97 Å². The quantitative estimate of drug-likeness (QED) is 0.353. The van der Waals surface area contributed by atoms with E-state index in [1.807, 2.05) is 24.3 Å². The summed E-state index contributed by atoms with van der Waals surface area (Å²) in [6, 6.07) is 7.52. The van der Waals surface area contributed by atoms with Gasteiger partial charge in [0.2, 0.25) is 0 Å². The molecule has 0 heterocycles. The van der Waals surface area contributed by atoms with E-state index in [-0.39, 0.29) is 18.4 Å². The highest BCUT2D eigenvalue weighted by molar-refractivity contribution is 5.87. The van der Waals surface area contributed by atoms with Crippen LogP contribution in [0.1, 0.15) is 12.0 Å². The molecule has 0 amide bonds. The van der Waals surface area contributed by atoms with Gasteiger partial charge in [-0.25, -0.2) is 4.79 Å². The zero-order valence-corrected chi connectivity index (χ0v) is 12.9. The smallest absolute Gasteiger partial charge is 0.330 e. The van der Waals surface area contributed by atoms with Gasteiger partial charge in [-0.3, -0.25) is 0 Å². The van der Waals surface area contributed by atoms with Crippen LogP contribution in [0.5, 0.6) is 5.75 Å². The van der Waals surface area contributed by atoms with E-state index in [4.69, 9.17) is 9.47 Å². The number of methoxy groups -OCH3 is 1. The SMILES string of the molecule is COc1ccccc1C=CC(=O)OCCC[NH+](C)C.[Cl-]. The maximum absolute atomic E-state index is 11.5. The summed E-state index contributed by atoms with van der Waals surface area (Å²) in [4.78, 5) is 12.9. The molecule has 1 aromatic carbocycles. The highest BCUT2D eigenvalue weighted by atomic mass is 35.5. The molecule has 0 radical (unpaired) electrons. The lowest BCUT2D eigenvalue weighted by molar-refractivity contribution is -0.858. The highest BCUT2D eigenvalue weighted by Crippen LogP contribution is 2.18. The van der Waals surface area contributed by atoms with E-state index < -0.39 is 0 Å². The number of carbonyl (C=O) groups is 1. The molecule has 0 aliphatic rings. The number of benzene rings is 1. The summed E-state index contributed by atoms with van der Waals surface area (Å²) in [6.45, 7) is 1.45. The minimum absolute atomic E-state index is 0. The second-order valence-corrected chi connectivity index (χ2v) is 4.55. The van der Waals surface area contributed by atoms with Crippen LogP contribution in [0.2, 0.25) is 0 Å². The monoisotopic (exact) mass is 299 g/mol. The molecule has 1 N–H and O–H groups in total. The number of para-hydroxylation sites is 1. The number of quaternary nitrogens is 1.